The number of sulfonamides is 1. The molecule has 20 heavy (non-hydrogen) atoms. The number of likely N-dealkylation sites (N-methyl/N-ethyl adjacent to an activating group) is 1. The number of nitrogens with one attached hydrogen (secondary N) is 1. The molecule has 5 nitrogen and oxygen atoms in total. The van der Waals surface area contributed by atoms with Crippen LogP contribution in [0.15, 0.2) is 16.3 Å². The molecule has 0 radical (unpaired) electrons. The maximum atomic E-state index is 12.6. The van der Waals surface area contributed by atoms with Crippen LogP contribution in [-0.2, 0) is 16.6 Å². The van der Waals surface area contributed by atoms with Crippen LogP contribution in [0, 0.1) is 0 Å². The van der Waals surface area contributed by atoms with Gasteiger partial charge in [-0.05, 0) is 32.0 Å². The second-order valence-electron chi connectivity index (χ2n) is 5.58. The second-order valence-corrected chi connectivity index (χ2v) is 8.92. The molecule has 3 rings (SSSR count). The van der Waals surface area contributed by atoms with Crippen LogP contribution >= 0.6 is 11.3 Å². The quantitative estimate of drug-likeness (QED) is 0.878. The number of hydrogen-bond acceptors (Lipinski definition) is 5. The van der Waals surface area contributed by atoms with Crippen molar-refractivity contribution in [2.45, 2.75) is 29.6 Å². The summed E-state index contributed by atoms with van der Waals surface area (Å²) < 4.78 is 27.2. The zero-order chi connectivity index (χ0) is 14.2. The molecule has 1 aliphatic carbocycles. The van der Waals surface area contributed by atoms with Gasteiger partial charge in [-0.3, -0.25) is 0 Å². The van der Waals surface area contributed by atoms with E-state index in [1.807, 2.05) is 13.1 Å². The smallest absolute Gasteiger partial charge is 0.252 e. The fourth-order valence-electron chi connectivity index (χ4n) is 2.28. The van der Waals surface area contributed by atoms with Crippen molar-refractivity contribution in [3.8, 4) is 0 Å². The molecule has 112 valence electrons. The molecule has 0 spiro atoms. The molecule has 7 heteroatoms. The van der Waals surface area contributed by atoms with E-state index in [1.54, 1.807) is 10.4 Å². The normalized spacial score (nSPS) is 22.2. The average Bonchev–Trinajstić information content (AvgIpc) is 3.13. The van der Waals surface area contributed by atoms with E-state index in [9.17, 15) is 8.42 Å². The SMILES string of the molecule is CN1CCN(S(=O)(=O)c2ccc(CNC3CC3)s2)CC1. The van der Waals surface area contributed by atoms with Crippen molar-refractivity contribution in [1.29, 1.82) is 0 Å². The van der Waals surface area contributed by atoms with Crippen molar-refractivity contribution in [1.82, 2.24) is 14.5 Å². The minimum atomic E-state index is -3.29. The molecule has 0 aromatic carbocycles. The largest absolute Gasteiger partial charge is 0.309 e. The van der Waals surface area contributed by atoms with E-state index in [4.69, 9.17) is 0 Å². The standard InChI is InChI=1S/C13H21N3O2S2/c1-15-6-8-16(9-7-15)20(17,18)13-5-4-12(19-13)10-14-11-2-3-11/h4-5,11,14H,2-3,6-10H2,1H3. The fraction of sp³-hybridized carbons (Fsp3) is 0.692. The van der Waals surface area contributed by atoms with Gasteiger partial charge < -0.3 is 10.2 Å². The summed E-state index contributed by atoms with van der Waals surface area (Å²) in [7, 11) is -1.27. The summed E-state index contributed by atoms with van der Waals surface area (Å²) in [6.07, 6.45) is 2.50. The van der Waals surface area contributed by atoms with Gasteiger partial charge in [0.1, 0.15) is 4.21 Å². The molecule has 0 amide bonds. The highest BCUT2D eigenvalue weighted by Crippen LogP contribution is 2.26. The lowest BCUT2D eigenvalue weighted by Crippen LogP contribution is -2.46. The van der Waals surface area contributed by atoms with Gasteiger partial charge in [0, 0.05) is 43.6 Å². The zero-order valence-corrected chi connectivity index (χ0v) is 13.3. The number of thiophene rings is 1. The summed E-state index contributed by atoms with van der Waals surface area (Å²) in [4.78, 5) is 3.26. The van der Waals surface area contributed by atoms with Crippen LogP contribution in [0.25, 0.3) is 0 Å². The lowest BCUT2D eigenvalue weighted by Gasteiger charge is -2.31. The molecule has 1 N–H and O–H groups in total. The molecule has 0 atom stereocenters. The van der Waals surface area contributed by atoms with E-state index in [0.717, 1.165) is 24.5 Å². The monoisotopic (exact) mass is 315 g/mol. The number of piperazine rings is 1. The Bertz CT molecular complexity index is 558. The summed E-state index contributed by atoms with van der Waals surface area (Å²) in [5.41, 5.74) is 0. The Morgan fingerprint density at radius 3 is 2.60 bits per heavy atom. The molecule has 0 unspecified atom stereocenters. The molecule has 1 saturated heterocycles. The topological polar surface area (TPSA) is 52.7 Å². The van der Waals surface area contributed by atoms with Crippen molar-refractivity contribution in [3.63, 3.8) is 0 Å². The van der Waals surface area contributed by atoms with Gasteiger partial charge in [-0.2, -0.15) is 4.31 Å². The van der Waals surface area contributed by atoms with E-state index in [0.29, 0.717) is 23.3 Å². The van der Waals surface area contributed by atoms with Gasteiger partial charge >= 0.3 is 0 Å². The maximum absolute atomic E-state index is 12.6. The molecule has 1 saturated carbocycles. The first-order valence-corrected chi connectivity index (χ1v) is 9.32. The van der Waals surface area contributed by atoms with E-state index < -0.39 is 10.0 Å². The minimum absolute atomic E-state index is 0.481. The average molecular weight is 315 g/mol. The van der Waals surface area contributed by atoms with Gasteiger partial charge in [0.15, 0.2) is 0 Å². The number of rotatable bonds is 5. The highest BCUT2D eigenvalue weighted by atomic mass is 32.2. The van der Waals surface area contributed by atoms with Crippen LogP contribution in [0.2, 0.25) is 0 Å². The second kappa shape index (κ2) is 5.73. The highest BCUT2D eigenvalue weighted by Gasteiger charge is 2.29. The number of hydrogen-bond donors (Lipinski definition) is 1. The van der Waals surface area contributed by atoms with Crippen molar-refractivity contribution in [2.75, 3.05) is 33.2 Å². The molecule has 1 aromatic rings. The molecular weight excluding hydrogens is 294 g/mol. The van der Waals surface area contributed by atoms with Crippen LogP contribution in [0.1, 0.15) is 17.7 Å². The third kappa shape index (κ3) is 3.23. The Balaban J connectivity index is 1.67. The van der Waals surface area contributed by atoms with Gasteiger partial charge in [0.05, 0.1) is 0 Å². The summed E-state index contributed by atoms with van der Waals surface area (Å²) in [6, 6.07) is 4.33. The predicted molar refractivity (Wildman–Crippen MR) is 80.4 cm³/mol. The highest BCUT2D eigenvalue weighted by molar-refractivity contribution is 7.91. The van der Waals surface area contributed by atoms with Crippen LogP contribution in [0.3, 0.4) is 0 Å². The first kappa shape index (κ1) is 14.5. The van der Waals surface area contributed by atoms with E-state index in [2.05, 4.69) is 10.2 Å². The zero-order valence-electron chi connectivity index (χ0n) is 11.7. The lowest BCUT2D eigenvalue weighted by atomic mass is 10.4. The Morgan fingerprint density at radius 2 is 1.95 bits per heavy atom. The van der Waals surface area contributed by atoms with Crippen LogP contribution in [0.4, 0.5) is 0 Å². The van der Waals surface area contributed by atoms with Crippen LogP contribution in [0.5, 0.6) is 0 Å². The molecule has 1 aliphatic heterocycles. The van der Waals surface area contributed by atoms with Gasteiger partial charge in [0.25, 0.3) is 10.0 Å². The van der Waals surface area contributed by atoms with Gasteiger partial charge in [-0.25, -0.2) is 8.42 Å². The Labute approximate surface area is 124 Å². The third-order valence-corrected chi connectivity index (χ3v) is 7.29. The Kier molecular flexibility index (Phi) is 4.14. The van der Waals surface area contributed by atoms with Crippen molar-refractivity contribution in [2.24, 2.45) is 0 Å². The van der Waals surface area contributed by atoms with Crippen molar-refractivity contribution >= 4 is 21.4 Å². The summed E-state index contributed by atoms with van der Waals surface area (Å²) in [6.45, 7) is 3.58. The molecule has 1 aromatic heterocycles. The van der Waals surface area contributed by atoms with Gasteiger partial charge in [0.2, 0.25) is 0 Å². The molecule has 2 fully saturated rings. The van der Waals surface area contributed by atoms with Gasteiger partial charge in [-0.15, -0.1) is 11.3 Å². The Morgan fingerprint density at radius 1 is 1.25 bits per heavy atom. The Hall–Kier alpha value is -0.470. The minimum Gasteiger partial charge on any atom is -0.309 e. The fourth-order valence-corrected chi connectivity index (χ4v) is 5.16. The molecule has 2 aliphatic rings. The van der Waals surface area contributed by atoms with Gasteiger partial charge in [-0.1, -0.05) is 0 Å². The van der Waals surface area contributed by atoms with E-state index >= 15 is 0 Å². The van der Waals surface area contributed by atoms with E-state index in [1.165, 1.54) is 24.2 Å². The molecule has 0 bridgehead atoms. The number of nitrogens with zero attached hydrogens (tertiary/aromatic N) is 2. The van der Waals surface area contributed by atoms with Crippen molar-refractivity contribution < 1.29 is 8.42 Å². The predicted octanol–water partition coefficient (Wildman–Crippen LogP) is 0.936. The summed E-state index contributed by atoms with van der Waals surface area (Å²) >= 11 is 1.40. The third-order valence-electron chi connectivity index (χ3n) is 3.84. The summed E-state index contributed by atoms with van der Waals surface area (Å²) in [5, 5.41) is 3.42. The summed E-state index contributed by atoms with van der Waals surface area (Å²) in [5.74, 6) is 0. The van der Waals surface area contributed by atoms with Crippen molar-refractivity contribution in [3.05, 3.63) is 17.0 Å². The molecular formula is C13H21N3O2S2. The first-order valence-electron chi connectivity index (χ1n) is 7.06. The maximum Gasteiger partial charge on any atom is 0.252 e. The molecule has 2 heterocycles. The van der Waals surface area contributed by atoms with Crippen LogP contribution < -0.4 is 5.32 Å². The van der Waals surface area contributed by atoms with Crippen LogP contribution in [-0.4, -0.2) is 56.9 Å². The lowest BCUT2D eigenvalue weighted by molar-refractivity contribution is 0.222. The van der Waals surface area contributed by atoms with E-state index in [-0.39, 0.29) is 0 Å². The first-order chi connectivity index (χ1) is 9.55.